The summed E-state index contributed by atoms with van der Waals surface area (Å²) in [7, 11) is 0. The van der Waals surface area contributed by atoms with Gasteiger partial charge in [0.1, 0.15) is 0 Å². The van der Waals surface area contributed by atoms with Crippen molar-refractivity contribution < 1.29 is 10.2 Å². The Kier molecular flexibility index (Phi) is 4.34. The lowest BCUT2D eigenvalue weighted by atomic mass is 10.1. The number of rotatable bonds is 4. The van der Waals surface area contributed by atoms with E-state index in [0.717, 1.165) is 32.0 Å². The van der Waals surface area contributed by atoms with Crippen molar-refractivity contribution in [2.45, 2.75) is 26.1 Å². The third-order valence-electron chi connectivity index (χ3n) is 3.17. The van der Waals surface area contributed by atoms with Gasteiger partial charge in [-0.3, -0.25) is 4.90 Å². The molecular weight excluding hydrogens is 244 g/mol. The van der Waals surface area contributed by atoms with Gasteiger partial charge in [0.05, 0.1) is 17.9 Å². The summed E-state index contributed by atoms with van der Waals surface area (Å²) < 4.78 is 0. The van der Waals surface area contributed by atoms with Crippen molar-refractivity contribution in [2.75, 3.05) is 37.6 Å². The highest BCUT2D eigenvalue weighted by Crippen LogP contribution is 2.14. The Hall–Kier alpha value is -1.24. The van der Waals surface area contributed by atoms with Crippen LogP contribution in [0.15, 0.2) is 12.1 Å². The normalized spacial score (nSPS) is 17.8. The summed E-state index contributed by atoms with van der Waals surface area (Å²) in [6.07, 6.45) is 0. The number of nitrogens with zero attached hydrogens (tertiary/aromatic N) is 4. The second-order valence-corrected chi connectivity index (χ2v) is 5.62. The molecule has 0 saturated carbocycles. The van der Waals surface area contributed by atoms with Gasteiger partial charge in [-0.2, -0.15) is 5.10 Å². The van der Waals surface area contributed by atoms with Crippen LogP contribution in [-0.2, 0) is 6.61 Å². The van der Waals surface area contributed by atoms with Gasteiger partial charge >= 0.3 is 0 Å². The van der Waals surface area contributed by atoms with Crippen LogP contribution in [0.5, 0.6) is 0 Å². The summed E-state index contributed by atoms with van der Waals surface area (Å²) in [5, 5.41) is 26.8. The molecule has 2 rings (SSSR count). The van der Waals surface area contributed by atoms with Gasteiger partial charge in [0.25, 0.3) is 0 Å². The van der Waals surface area contributed by atoms with Crippen molar-refractivity contribution in [3.63, 3.8) is 0 Å². The summed E-state index contributed by atoms with van der Waals surface area (Å²) in [6, 6.07) is 3.69. The number of aliphatic hydroxyl groups excluding tert-OH is 1. The molecule has 0 aliphatic carbocycles. The van der Waals surface area contributed by atoms with Crippen LogP contribution in [0.1, 0.15) is 19.5 Å². The molecule has 6 nitrogen and oxygen atoms in total. The van der Waals surface area contributed by atoms with Crippen LogP contribution in [0.25, 0.3) is 0 Å². The fourth-order valence-corrected chi connectivity index (χ4v) is 2.29. The van der Waals surface area contributed by atoms with Crippen molar-refractivity contribution in [1.29, 1.82) is 0 Å². The van der Waals surface area contributed by atoms with E-state index < -0.39 is 5.60 Å². The van der Waals surface area contributed by atoms with E-state index in [-0.39, 0.29) is 6.61 Å². The maximum absolute atomic E-state index is 9.81. The summed E-state index contributed by atoms with van der Waals surface area (Å²) in [6.45, 7) is 7.85. The van der Waals surface area contributed by atoms with Gasteiger partial charge < -0.3 is 15.1 Å². The standard InChI is InChI=1S/C13H22N4O2/c1-13(2,19)10-16-5-7-17(8-6-16)12-4-3-11(9-18)14-15-12/h3-4,18-19H,5-10H2,1-2H3. The van der Waals surface area contributed by atoms with Gasteiger partial charge in [-0.05, 0) is 26.0 Å². The van der Waals surface area contributed by atoms with Crippen molar-refractivity contribution in [3.8, 4) is 0 Å². The smallest absolute Gasteiger partial charge is 0.151 e. The van der Waals surface area contributed by atoms with Crippen LogP contribution in [-0.4, -0.2) is 63.6 Å². The topological polar surface area (TPSA) is 72.7 Å². The Morgan fingerprint density at radius 3 is 2.32 bits per heavy atom. The molecule has 0 spiro atoms. The molecule has 106 valence electrons. The maximum atomic E-state index is 9.81. The minimum Gasteiger partial charge on any atom is -0.390 e. The Balaban J connectivity index is 1.88. The molecule has 2 N–H and O–H groups in total. The summed E-state index contributed by atoms with van der Waals surface area (Å²) in [5.74, 6) is 0.847. The number of aliphatic hydroxyl groups is 2. The Bertz CT molecular complexity index is 394. The molecular formula is C13H22N4O2. The van der Waals surface area contributed by atoms with Crippen LogP contribution < -0.4 is 4.90 Å². The largest absolute Gasteiger partial charge is 0.390 e. The molecule has 0 aromatic carbocycles. The van der Waals surface area contributed by atoms with E-state index in [1.54, 1.807) is 6.07 Å². The summed E-state index contributed by atoms with van der Waals surface area (Å²) in [4.78, 5) is 4.43. The van der Waals surface area contributed by atoms with Crippen molar-refractivity contribution in [2.24, 2.45) is 0 Å². The minimum absolute atomic E-state index is 0.0767. The molecule has 0 amide bonds. The molecule has 1 aliphatic rings. The van der Waals surface area contributed by atoms with Gasteiger partial charge in [-0.1, -0.05) is 0 Å². The third-order valence-corrected chi connectivity index (χ3v) is 3.17. The first-order chi connectivity index (χ1) is 8.98. The highest BCUT2D eigenvalue weighted by Gasteiger charge is 2.23. The summed E-state index contributed by atoms with van der Waals surface area (Å²) >= 11 is 0. The molecule has 0 radical (unpaired) electrons. The molecule has 0 atom stereocenters. The van der Waals surface area contributed by atoms with E-state index in [2.05, 4.69) is 20.0 Å². The minimum atomic E-state index is -0.648. The molecule has 0 bridgehead atoms. The van der Waals surface area contributed by atoms with Gasteiger partial charge in [0, 0.05) is 32.7 Å². The average Bonchev–Trinajstić information content (AvgIpc) is 2.38. The van der Waals surface area contributed by atoms with Gasteiger partial charge in [0.2, 0.25) is 0 Å². The van der Waals surface area contributed by atoms with Crippen molar-refractivity contribution in [3.05, 3.63) is 17.8 Å². The number of piperazine rings is 1. The quantitative estimate of drug-likeness (QED) is 0.790. The fraction of sp³-hybridized carbons (Fsp3) is 0.692. The second kappa shape index (κ2) is 5.81. The van der Waals surface area contributed by atoms with Crippen LogP contribution in [0, 0.1) is 0 Å². The molecule has 1 aliphatic heterocycles. The lowest BCUT2D eigenvalue weighted by Gasteiger charge is -2.37. The molecule has 1 saturated heterocycles. The summed E-state index contributed by atoms with van der Waals surface area (Å²) in [5.41, 5.74) is -0.0606. The Labute approximate surface area is 113 Å². The number of anilines is 1. The maximum Gasteiger partial charge on any atom is 0.151 e. The number of aromatic nitrogens is 2. The fourth-order valence-electron chi connectivity index (χ4n) is 2.29. The number of β-amino-alcohol motifs (C(OH)–C–C–N with tert-alkyl or cyclic N) is 1. The predicted octanol–water partition coefficient (Wildman–Crippen LogP) is -0.138. The highest BCUT2D eigenvalue weighted by atomic mass is 16.3. The lowest BCUT2D eigenvalue weighted by molar-refractivity contribution is 0.0344. The van der Waals surface area contributed by atoms with Crippen LogP contribution in [0.3, 0.4) is 0 Å². The zero-order valence-corrected chi connectivity index (χ0v) is 11.6. The van der Waals surface area contributed by atoms with E-state index in [9.17, 15) is 5.11 Å². The van der Waals surface area contributed by atoms with Crippen LogP contribution in [0.2, 0.25) is 0 Å². The SMILES string of the molecule is CC(C)(O)CN1CCN(c2ccc(CO)nn2)CC1. The molecule has 2 heterocycles. The molecule has 6 heteroatoms. The first-order valence-electron chi connectivity index (χ1n) is 6.61. The van der Waals surface area contributed by atoms with E-state index in [1.165, 1.54) is 0 Å². The van der Waals surface area contributed by atoms with E-state index in [0.29, 0.717) is 12.2 Å². The van der Waals surface area contributed by atoms with Gasteiger partial charge in [-0.15, -0.1) is 5.10 Å². The Morgan fingerprint density at radius 2 is 1.84 bits per heavy atom. The third kappa shape index (κ3) is 4.12. The molecule has 1 aromatic rings. The van der Waals surface area contributed by atoms with E-state index in [1.807, 2.05) is 19.9 Å². The Morgan fingerprint density at radius 1 is 1.16 bits per heavy atom. The molecule has 19 heavy (non-hydrogen) atoms. The zero-order chi connectivity index (χ0) is 13.9. The first kappa shape index (κ1) is 14.2. The second-order valence-electron chi connectivity index (χ2n) is 5.62. The van der Waals surface area contributed by atoms with Crippen LogP contribution in [0.4, 0.5) is 5.82 Å². The van der Waals surface area contributed by atoms with E-state index in [4.69, 9.17) is 5.11 Å². The molecule has 0 unspecified atom stereocenters. The van der Waals surface area contributed by atoms with E-state index >= 15 is 0 Å². The zero-order valence-electron chi connectivity index (χ0n) is 11.6. The first-order valence-corrected chi connectivity index (χ1v) is 6.61. The van der Waals surface area contributed by atoms with Crippen LogP contribution >= 0.6 is 0 Å². The van der Waals surface area contributed by atoms with Gasteiger partial charge in [-0.25, -0.2) is 0 Å². The molecule has 1 fully saturated rings. The number of hydrogen-bond acceptors (Lipinski definition) is 6. The monoisotopic (exact) mass is 266 g/mol. The molecule has 1 aromatic heterocycles. The van der Waals surface area contributed by atoms with Crippen molar-refractivity contribution >= 4 is 5.82 Å². The lowest BCUT2D eigenvalue weighted by Crippen LogP contribution is -2.50. The average molecular weight is 266 g/mol. The predicted molar refractivity (Wildman–Crippen MR) is 72.9 cm³/mol. The highest BCUT2D eigenvalue weighted by molar-refractivity contribution is 5.37. The van der Waals surface area contributed by atoms with Gasteiger partial charge in [0.15, 0.2) is 5.82 Å². The van der Waals surface area contributed by atoms with Crippen molar-refractivity contribution in [1.82, 2.24) is 15.1 Å². The number of hydrogen-bond donors (Lipinski definition) is 2.